The predicted molar refractivity (Wildman–Crippen MR) is 489 cm³/mol. The van der Waals surface area contributed by atoms with Crippen LogP contribution >= 0.6 is 0 Å². The van der Waals surface area contributed by atoms with Crippen LogP contribution in [0.3, 0.4) is 0 Å². The number of nitrogens with one attached hydrogen (secondary N) is 4. The Balaban J connectivity index is 0.000000116. The fourth-order valence-electron chi connectivity index (χ4n) is 20.3. The van der Waals surface area contributed by atoms with Gasteiger partial charge >= 0.3 is 36.2 Å². The van der Waals surface area contributed by atoms with Crippen LogP contribution in [0.2, 0.25) is 0 Å². The quantitative estimate of drug-likeness (QED) is 0.0275. The summed E-state index contributed by atoms with van der Waals surface area (Å²) >= 11 is 0. The number of benzene rings is 4. The Morgan fingerprint density at radius 1 is 0.437 bits per heavy atom. The van der Waals surface area contributed by atoms with Crippen LogP contribution in [0.25, 0.3) is 44.5 Å². The second-order valence-corrected chi connectivity index (χ2v) is 35.6. The Bertz CT molecular complexity index is 6600. The summed E-state index contributed by atoms with van der Waals surface area (Å²) in [5.74, 6) is 4.04. The molecule has 6 fully saturated rings. The zero-order valence-corrected chi connectivity index (χ0v) is 75.6. The van der Waals surface area contributed by atoms with E-state index in [1.807, 2.05) is 18.7 Å². The highest BCUT2D eigenvalue weighted by molar-refractivity contribution is 5.93. The lowest BCUT2D eigenvalue weighted by atomic mass is 9.60. The molecule has 0 amide bonds. The standard InChI is InChI=1S/C25H28FN7O.C24H26FN7O.C23H24FN7O3.C22H21F4N7O/c1-4-21-29-9-14(10-30-21)34-24-31-20-7-15-16(5-13(26)6-19(15)28-3)22(20)23(32-24)33-11-17-18(27)8-25(17,2)12-33;1-3-21-28-8-14(9-29-21)33-24-30-20-7-15-16(5-13(25)6-19(15)27-2)22(20)23(31-24)32-10-12-4-18(26)17(12)11-32;1-11-27-7-13(8-28-11)34-23-29-19-6-14-15(4-12(24)5-18(14)26-2)20(19)21(30-23)31-9-16(17(25)10-31)22(32)33-3;1-10-29-6-12(7-30-10)34-21-31-18-5-13-14(3-11(23)4-17(13)28-2)19(18)20(32-21)33-8-15(16(27)9-33)22(24,25)26/h5-6,9-10,17-18,28H,4,7-8,11-12,27H2,1-3H3;5-6,8-9,12,17-18,27H,3-4,7,10-11,26H2,1-2H3;4-5,7-8,16-17,26H,6,9-10,25H2,1-3H3;3-4,6-7,15-16,28H,5,8-9,27H2,1-2H3. The number of ether oxygens (including phenoxy) is 5. The predicted octanol–water partition coefficient (Wildman–Crippen LogP) is 12.2. The van der Waals surface area contributed by atoms with Gasteiger partial charge in [0, 0.05) is 188 Å². The zero-order valence-electron chi connectivity index (χ0n) is 75.6. The first-order valence-corrected chi connectivity index (χ1v) is 44.7. The number of fused-ring (bicyclic) bond motifs is 14. The molecule has 0 radical (unpaired) electrons. The molecule has 0 spiro atoms. The minimum atomic E-state index is -4.45. The number of aryl methyl sites for hydroxylation is 4. The molecular formula is C94H99F7N28O6. The minimum Gasteiger partial charge on any atom is -0.469 e. The molecular weight excluding hydrogens is 1750 g/mol. The van der Waals surface area contributed by atoms with Crippen molar-refractivity contribution in [2.75, 3.05) is 129 Å². The molecule has 2 saturated carbocycles. The molecule has 700 valence electrons. The molecule has 12 aromatic rings. The summed E-state index contributed by atoms with van der Waals surface area (Å²) in [5.41, 5.74) is 40.2. The van der Waals surface area contributed by atoms with E-state index < -0.39 is 35.9 Å². The molecule has 0 bridgehead atoms. The number of hydrogen-bond acceptors (Lipinski definition) is 34. The van der Waals surface area contributed by atoms with Crippen molar-refractivity contribution in [2.24, 2.45) is 57.9 Å². The van der Waals surface area contributed by atoms with Crippen molar-refractivity contribution < 1.29 is 59.2 Å². The molecule has 22 rings (SSSR count). The molecule has 135 heavy (non-hydrogen) atoms. The van der Waals surface area contributed by atoms with Gasteiger partial charge in [-0.2, -0.15) is 53.0 Å². The summed E-state index contributed by atoms with van der Waals surface area (Å²) in [4.78, 5) is 91.2. The Hall–Kier alpha value is -14.1. The Morgan fingerprint density at radius 3 is 1.09 bits per heavy atom. The largest absolute Gasteiger partial charge is 0.469 e. The van der Waals surface area contributed by atoms with Crippen molar-refractivity contribution >= 4 is 52.0 Å². The number of alkyl halides is 3. The highest BCUT2D eigenvalue weighted by atomic mass is 19.4. The number of esters is 1. The van der Waals surface area contributed by atoms with E-state index in [9.17, 15) is 35.5 Å². The number of rotatable bonds is 19. The molecule has 8 aromatic heterocycles. The van der Waals surface area contributed by atoms with E-state index in [-0.39, 0.29) is 89.6 Å². The summed E-state index contributed by atoms with van der Waals surface area (Å²) in [6.07, 6.45) is 13.6. The van der Waals surface area contributed by atoms with Crippen molar-refractivity contribution in [1.82, 2.24) is 79.7 Å². The third-order valence-electron chi connectivity index (χ3n) is 27.1. The Morgan fingerprint density at radius 2 is 0.778 bits per heavy atom. The molecule has 4 aromatic carbocycles. The lowest BCUT2D eigenvalue weighted by Gasteiger charge is -2.46. The number of nitrogens with zero attached hydrogens (tertiary/aromatic N) is 20. The molecule has 4 aliphatic heterocycles. The van der Waals surface area contributed by atoms with Crippen LogP contribution in [-0.4, -0.2) is 204 Å². The first-order chi connectivity index (χ1) is 64.9. The van der Waals surface area contributed by atoms with Crippen molar-refractivity contribution in [1.29, 1.82) is 0 Å². The van der Waals surface area contributed by atoms with E-state index in [4.69, 9.17) is 66.6 Å². The maximum absolute atomic E-state index is 14.5. The van der Waals surface area contributed by atoms with Crippen LogP contribution in [0, 0.1) is 72.1 Å². The second kappa shape index (κ2) is 36.1. The van der Waals surface area contributed by atoms with Gasteiger partial charge in [0.15, 0.2) is 23.0 Å². The maximum atomic E-state index is 14.5. The SMILES string of the molecule is CCc1ncc(Oc2nc3c(c(N4CC5C(N)CC5(C)C4)n2)-c2cc(F)cc(NC)c2C3)cn1.CCc1ncc(Oc2nc3c(c(N4CC5CC(N)C5C4)n2)-c2cc(F)cc(NC)c2C3)cn1.CNc1cc(F)cc2c1Cc1nc(Oc3cnc(C)nc3)nc(N3CC(N)C(C(=O)OC)C3)c1-2.CNc1cc(F)cc2c1Cc1nc(Oc3cnc(C)nc3)nc(N3CC(N)C(C(F)(F)F)C3)c1-2. The van der Waals surface area contributed by atoms with Crippen molar-refractivity contribution in [3.8, 4) is 91.5 Å². The second-order valence-electron chi connectivity index (χ2n) is 35.6. The highest BCUT2D eigenvalue weighted by Gasteiger charge is 2.56. The van der Waals surface area contributed by atoms with E-state index in [0.29, 0.717) is 136 Å². The van der Waals surface area contributed by atoms with Gasteiger partial charge in [-0.05, 0) is 143 Å². The monoisotopic (exact) mass is 1850 g/mol. The number of carbonyl (C=O) groups is 1. The molecule has 10 atom stereocenters. The average molecular weight is 1850 g/mol. The van der Waals surface area contributed by atoms with Gasteiger partial charge in [-0.25, -0.2) is 57.4 Å². The number of nitrogens with two attached hydrogens (primary N) is 4. The van der Waals surface area contributed by atoms with Crippen LogP contribution in [0.4, 0.5) is 76.8 Å². The summed E-state index contributed by atoms with van der Waals surface area (Å²) in [6, 6.07) is 11.3. The normalized spacial score (nSPS) is 21.1. The molecule has 41 heteroatoms. The number of carbonyl (C=O) groups excluding carboxylic acids is 1. The number of halogens is 7. The molecule has 10 unspecified atom stereocenters. The van der Waals surface area contributed by atoms with E-state index in [1.54, 1.807) is 91.4 Å². The minimum absolute atomic E-state index is 0.0652. The van der Waals surface area contributed by atoms with Crippen LogP contribution < -0.4 is 82.7 Å². The van der Waals surface area contributed by atoms with Gasteiger partial charge in [-0.3, -0.25) is 4.79 Å². The van der Waals surface area contributed by atoms with Gasteiger partial charge in [0.25, 0.3) is 0 Å². The zero-order chi connectivity index (χ0) is 94.5. The molecule has 6 aliphatic carbocycles. The third-order valence-corrected chi connectivity index (χ3v) is 27.1. The fourth-order valence-corrected chi connectivity index (χ4v) is 20.3. The van der Waals surface area contributed by atoms with Gasteiger partial charge in [0.2, 0.25) is 0 Å². The Kier molecular flexibility index (Phi) is 24.1. The molecule has 34 nitrogen and oxygen atoms in total. The summed E-state index contributed by atoms with van der Waals surface area (Å²) in [7, 11) is 8.37. The van der Waals surface area contributed by atoms with E-state index in [2.05, 4.69) is 97.8 Å². The summed E-state index contributed by atoms with van der Waals surface area (Å²) in [6.45, 7) is 13.4. The van der Waals surface area contributed by atoms with E-state index >= 15 is 0 Å². The lowest BCUT2D eigenvalue weighted by molar-refractivity contribution is -0.171. The van der Waals surface area contributed by atoms with Crippen LogP contribution in [-0.2, 0) is 48.1 Å². The first-order valence-electron chi connectivity index (χ1n) is 44.7. The maximum Gasteiger partial charge on any atom is 0.395 e. The van der Waals surface area contributed by atoms with Gasteiger partial charge in [-0.1, -0.05) is 20.8 Å². The lowest BCUT2D eigenvalue weighted by Crippen LogP contribution is -2.53. The van der Waals surface area contributed by atoms with Crippen molar-refractivity contribution in [2.45, 2.75) is 116 Å². The number of anilines is 8. The molecule has 10 aliphatic rings. The van der Waals surface area contributed by atoms with Gasteiger partial charge < -0.3 is 87.5 Å². The van der Waals surface area contributed by atoms with Gasteiger partial charge in [-0.15, -0.1) is 0 Å². The van der Waals surface area contributed by atoms with Crippen molar-refractivity contribution in [3.63, 3.8) is 0 Å². The van der Waals surface area contributed by atoms with E-state index in [0.717, 1.165) is 142 Å². The van der Waals surface area contributed by atoms with Gasteiger partial charge in [0.05, 0.1) is 91.3 Å². The van der Waals surface area contributed by atoms with Crippen molar-refractivity contribution in [3.05, 3.63) is 190 Å². The third kappa shape index (κ3) is 17.4. The van der Waals surface area contributed by atoms with Gasteiger partial charge in [0.1, 0.15) is 69.8 Å². The summed E-state index contributed by atoms with van der Waals surface area (Å²) < 4.78 is 127. The topological polar surface area (TPSA) is 435 Å². The van der Waals surface area contributed by atoms with Crippen LogP contribution in [0.5, 0.6) is 47.0 Å². The number of aromatic nitrogens is 16. The smallest absolute Gasteiger partial charge is 0.395 e. The first kappa shape index (κ1) is 90.1. The van der Waals surface area contributed by atoms with E-state index in [1.165, 1.54) is 60.8 Å². The fraction of sp³-hybridized carbons (Fsp3) is 0.394. The van der Waals surface area contributed by atoms with Crippen LogP contribution in [0.1, 0.15) is 102 Å². The number of methoxy groups -OCH3 is 1. The Labute approximate surface area is 771 Å². The molecule has 4 saturated heterocycles. The van der Waals surface area contributed by atoms with Crippen LogP contribution in [0.15, 0.2) is 98.1 Å². The average Bonchev–Trinajstić information content (AvgIpc) is 1.55. The number of hydrogen-bond donors (Lipinski definition) is 8. The highest BCUT2D eigenvalue weighted by Crippen LogP contribution is 2.56. The summed E-state index contributed by atoms with van der Waals surface area (Å²) in [5, 5.41) is 12.3. The molecule has 12 N–H and O–H groups in total. The molecule has 12 heterocycles.